The predicted molar refractivity (Wildman–Crippen MR) is 51.5 cm³/mol. The van der Waals surface area contributed by atoms with Gasteiger partial charge in [0.1, 0.15) is 5.82 Å². The number of nitrogens with one attached hydrogen (secondary N) is 2. The molecule has 15 heavy (non-hydrogen) atoms. The van der Waals surface area contributed by atoms with Crippen molar-refractivity contribution in [2.24, 2.45) is 0 Å². The van der Waals surface area contributed by atoms with Crippen LogP contribution in [0.2, 0.25) is 0 Å². The molecule has 0 unspecified atom stereocenters. The van der Waals surface area contributed by atoms with Crippen molar-refractivity contribution in [1.29, 1.82) is 0 Å². The van der Waals surface area contributed by atoms with Crippen molar-refractivity contribution >= 4 is 10.9 Å². The highest BCUT2D eigenvalue weighted by Crippen LogP contribution is 2.32. The lowest BCUT2D eigenvalue weighted by molar-refractivity contribution is 0.0260. The molecule has 0 amide bonds. The molecule has 0 saturated carbocycles. The summed E-state index contributed by atoms with van der Waals surface area (Å²) in [5.74, 6) is 1.58. The summed E-state index contributed by atoms with van der Waals surface area (Å²) in [6.07, 6.45) is 0. The van der Waals surface area contributed by atoms with Crippen molar-refractivity contribution in [2.75, 3.05) is 0 Å². The first-order chi connectivity index (χ1) is 7.24. The number of aryl methyl sites for hydroxylation is 1. The minimum absolute atomic E-state index is 0.184. The molecule has 0 bridgehead atoms. The lowest BCUT2D eigenvalue weighted by atomic mass is 10.2. The van der Waals surface area contributed by atoms with Crippen molar-refractivity contribution in [3.05, 3.63) is 28.3 Å². The highest BCUT2D eigenvalue weighted by Gasteiger charge is 2.16. The molecule has 0 radical (unpaired) electrons. The van der Waals surface area contributed by atoms with Crippen LogP contribution in [0.25, 0.3) is 10.9 Å². The maximum atomic E-state index is 11.6. The van der Waals surface area contributed by atoms with E-state index in [0.29, 0.717) is 28.2 Å². The molecule has 1 aromatic carbocycles. The molecule has 6 heteroatoms. The Labute approximate surface area is 83.8 Å². The van der Waals surface area contributed by atoms with Gasteiger partial charge in [0.2, 0.25) is 0 Å². The lowest BCUT2D eigenvalue weighted by Crippen LogP contribution is -2.14. The van der Waals surface area contributed by atoms with Gasteiger partial charge in [0.05, 0.1) is 10.9 Å². The SMILES string of the molecule is Cc1nc2cc3c(cc2c(=O)[nH]1)ONO3. The van der Waals surface area contributed by atoms with Crippen LogP contribution in [-0.2, 0) is 0 Å². The molecular weight excluding hydrogens is 198 g/mol. The lowest BCUT2D eigenvalue weighted by Gasteiger charge is -1.99. The summed E-state index contributed by atoms with van der Waals surface area (Å²) in [7, 11) is 0. The number of H-pyrrole nitrogens is 1. The monoisotopic (exact) mass is 205 g/mol. The molecule has 3 rings (SSSR count). The molecule has 6 nitrogen and oxygen atoms in total. The Morgan fingerprint density at radius 1 is 1.27 bits per heavy atom. The highest BCUT2D eigenvalue weighted by molar-refractivity contribution is 5.81. The predicted octanol–water partition coefficient (Wildman–Crippen LogP) is 0.422. The summed E-state index contributed by atoms with van der Waals surface area (Å²) >= 11 is 0. The fourth-order valence-electron chi connectivity index (χ4n) is 1.53. The number of rotatable bonds is 0. The van der Waals surface area contributed by atoms with E-state index in [0.717, 1.165) is 0 Å². The van der Waals surface area contributed by atoms with Gasteiger partial charge in [0, 0.05) is 17.8 Å². The summed E-state index contributed by atoms with van der Waals surface area (Å²) in [6.45, 7) is 1.73. The maximum absolute atomic E-state index is 11.6. The largest absolute Gasteiger partial charge is 0.370 e. The number of aromatic nitrogens is 2. The Morgan fingerprint density at radius 3 is 2.80 bits per heavy atom. The van der Waals surface area contributed by atoms with E-state index < -0.39 is 0 Å². The second kappa shape index (κ2) is 2.71. The first-order valence-corrected chi connectivity index (χ1v) is 4.37. The normalized spacial score (nSPS) is 13.4. The second-order valence-corrected chi connectivity index (χ2v) is 3.25. The third-order valence-corrected chi connectivity index (χ3v) is 2.19. The van der Waals surface area contributed by atoms with E-state index in [2.05, 4.69) is 15.6 Å². The molecule has 1 aliphatic rings. The zero-order valence-electron chi connectivity index (χ0n) is 7.83. The van der Waals surface area contributed by atoms with Crippen LogP contribution in [0.4, 0.5) is 0 Å². The quantitative estimate of drug-likeness (QED) is 0.652. The molecule has 2 N–H and O–H groups in total. The fourth-order valence-corrected chi connectivity index (χ4v) is 1.53. The Bertz CT molecular complexity index is 605. The number of hydrogen-bond donors (Lipinski definition) is 2. The summed E-state index contributed by atoms with van der Waals surface area (Å²) in [4.78, 5) is 28.3. The van der Waals surface area contributed by atoms with Crippen LogP contribution < -0.4 is 20.9 Å². The Balaban J connectivity index is 2.43. The third-order valence-electron chi connectivity index (χ3n) is 2.19. The van der Waals surface area contributed by atoms with Gasteiger partial charge in [-0.1, -0.05) is 0 Å². The first kappa shape index (κ1) is 8.25. The number of hydrogen-bond acceptors (Lipinski definition) is 5. The van der Waals surface area contributed by atoms with E-state index in [1.807, 2.05) is 0 Å². The third kappa shape index (κ3) is 1.15. The van der Waals surface area contributed by atoms with Crippen molar-refractivity contribution in [3.8, 4) is 11.5 Å². The minimum Gasteiger partial charge on any atom is -0.370 e. The van der Waals surface area contributed by atoms with Crippen molar-refractivity contribution < 1.29 is 9.68 Å². The van der Waals surface area contributed by atoms with Gasteiger partial charge in [-0.15, -0.1) is 0 Å². The van der Waals surface area contributed by atoms with E-state index >= 15 is 0 Å². The Kier molecular flexibility index (Phi) is 1.49. The molecule has 76 valence electrons. The van der Waals surface area contributed by atoms with E-state index in [4.69, 9.17) is 9.68 Å². The van der Waals surface area contributed by atoms with Gasteiger partial charge in [-0.05, 0) is 6.92 Å². The van der Waals surface area contributed by atoms with Crippen LogP contribution >= 0.6 is 0 Å². The zero-order chi connectivity index (χ0) is 10.4. The van der Waals surface area contributed by atoms with E-state index in [1.165, 1.54) is 0 Å². The first-order valence-electron chi connectivity index (χ1n) is 4.37. The topological polar surface area (TPSA) is 76.2 Å². The summed E-state index contributed by atoms with van der Waals surface area (Å²) in [5.41, 5.74) is 2.66. The van der Waals surface area contributed by atoms with Crippen LogP contribution in [0.15, 0.2) is 16.9 Å². The molecule has 0 spiro atoms. The van der Waals surface area contributed by atoms with Gasteiger partial charge in [-0.3, -0.25) is 4.79 Å². The maximum Gasteiger partial charge on any atom is 0.258 e. The average molecular weight is 205 g/mol. The minimum atomic E-state index is -0.184. The molecule has 2 aromatic rings. The van der Waals surface area contributed by atoms with Gasteiger partial charge >= 0.3 is 0 Å². The molecule has 0 aliphatic carbocycles. The molecule has 1 aromatic heterocycles. The Hall–Kier alpha value is -2.08. The van der Waals surface area contributed by atoms with Crippen molar-refractivity contribution in [1.82, 2.24) is 15.6 Å². The molecule has 0 atom stereocenters. The van der Waals surface area contributed by atoms with Crippen LogP contribution in [0, 0.1) is 6.92 Å². The molecule has 0 saturated heterocycles. The molecular formula is C9H7N3O3. The van der Waals surface area contributed by atoms with Crippen LogP contribution in [0.1, 0.15) is 5.82 Å². The van der Waals surface area contributed by atoms with Gasteiger partial charge in [0.15, 0.2) is 11.5 Å². The number of aromatic amines is 1. The second-order valence-electron chi connectivity index (χ2n) is 3.25. The van der Waals surface area contributed by atoms with E-state index in [-0.39, 0.29) is 5.56 Å². The van der Waals surface area contributed by atoms with Gasteiger partial charge in [0.25, 0.3) is 5.56 Å². The van der Waals surface area contributed by atoms with Crippen LogP contribution in [0.3, 0.4) is 0 Å². The Morgan fingerprint density at radius 2 is 2.00 bits per heavy atom. The summed E-state index contributed by atoms with van der Waals surface area (Å²) in [5, 5.41) is 0.478. The fraction of sp³-hybridized carbons (Fsp3) is 0.111. The highest BCUT2D eigenvalue weighted by atomic mass is 16.9. The van der Waals surface area contributed by atoms with Gasteiger partial charge in [-0.2, -0.15) is 0 Å². The van der Waals surface area contributed by atoms with Crippen LogP contribution in [-0.4, -0.2) is 9.97 Å². The summed E-state index contributed by atoms with van der Waals surface area (Å²) < 4.78 is 0. The van der Waals surface area contributed by atoms with Crippen LogP contribution in [0.5, 0.6) is 11.5 Å². The van der Waals surface area contributed by atoms with Gasteiger partial charge in [-0.25, -0.2) is 4.98 Å². The van der Waals surface area contributed by atoms with E-state index in [9.17, 15) is 4.79 Å². The van der Waals surface area contributed by atoms with Crippen molar-refractivity contribution in [3.63, 3.8) is 0 Å². The van der Waals surface area contributed by atoms with E-state index in [1.54, 1.807) is 19.1 Å². The smallest absolute Gasteiger partial charge is 0.258 e. The van der Waals surface area contributed by atoms with Crippen molar-refractivity contribution in [2.45, 2.75) is 6.92 Å². The number of nitrogens with zero attached hydrogens (tertiary/aromatic N) is 1. The molecule has 2 heterocycles. The summed E-state index contributed by atoms with van der Waals surface area (Å²) in [6, 6.07) is 3.25. The average Bonchev–Trinajstić information content (AvgIpc) is 2.61. The van der Waals surface area contributed by atoms with Gasteiger partial charge < -0.3 is 14.7 Å². The zero-order valence-corrected chi connectivity index (χ0v) is 7.83. The standard InChI is InChI=1S/C9H7N3O3/c1-4-10-6-3-8-7(14-12-15-8)2-5(6)9(13)11-4/h2-3,12H,1H3,(H,10,11,13). The molecule has 0 fully saturated rings. The number of benzene rings is 1. The number of fused-ring (bicyclic) bond motifs is 2. The molecule has 1 aliphatic heterocycles.